The zero-order valence-electron chi connectivity index (χ0n) is 14.1. The third-order valence-corrected chi connectivity index (χ3v) is 3.87. The largest absolute Gasteiger partial charge is 0.455 e. The second-order valence-corrected chi connectivity index (χ2v) is 6.08. The lowest BCUT2D eigenvalue weighted by molar-refractivity contribution is -0.116. The van der Waals surface area contributed by atoms with Gasteiger partial charge in [0.2, 0.25) is 5.91 Å². The third-order valence-electron chi connectivity index (χ3n) is 3.64. The average Bonchev–Trinajstić information content (AvgIpc) is 2.64. The van der Waals surface area contributed by atoms with Gasteiger partial charge in [-0.15, -0.1) is 0 Å². The summed E-state index contributed by atoms with van der Waals surface area (Å²) < 4.78 is 5.85. The molecule has 0 bridgehead atoms. The van der Waals surface area contributed by atoms with Crippen molar-refractivity contribution in [1.29, 1.82) is 0 Å². The van der Waals surface area contributed by atoms with Crippen LogP contribution in [0.2, 0.25) is 5.02 Å². The predicted octanol–water partition coefficient (Wildman–Crippen LogP) is 5.57. The molecule has 132 valence electrons. The number of carbonyl (C=O) groups excluding carboxylic acids is 1. The van der Waals surface area contributed by atoms with Gasteiger partial charge in [0.1, 0.15) is 5.75 Å². The van der Waals surface area contributed by atoms with E-state index in [1.807, 2.05) is 78.9 Å². The van der Waals surface area contributed by atoms with Crippen molar-refractivity contribution in [2.75, 3.05) is 17.2 Å². The predicted molar refractivity (Wildman–Crippen MR) is 106 cm³/mol. The number of halogens is 1. The summed E-state index contributed by atoms with van der Waals surface area (Å²) in [5.74, 6) is 1.23. The molecule has 3 aromatic carbocycles. The van der Waals surface area contributed by atoms with Crippen LogP contribution in [0.25, 0.3) is 0 Å². The van der Waals surface area contributed by atoms with Crippen molar-refractivity contribution in [2.45, 2.75) is 6.42 Å². The van der Waals surface area contributed by atoms with E-state index in [0.717, 1.165) is 11.4 Å². The van der Waals surface area contributed by atoms with Gasteiger partial charge in [0, 0.05) is 23.7 Å². The first-order chi connectivity index (χ1) is 12.7. The standard InChI is InChI=1S/C21H19ClN2O2/c22-16-7-6-8-17(15-16)23-14-13-21(25)24-19-11-4-5-12-20(19)26-18-9-2-1-3-10-18/h1-12,15,23H,13-14H2,(H,24,25). The third kappa shape index (κ3) is 5.26. The van der Waals surface area contributed by atoms with Crippen molar-refractivity contribution < 1.29 is 9.53 Å². The summed E-state index contributed by atoms with van der Waals surface area (Å²) in [5, 5.41) is 6.74. The second kappa shape index (κ2) is 8.92. The average molecular weight is 367 g/mol. The number of benzene rings is 3. The van der Waals surface area contributed by atoms with Gasteiger partial charge in [0.05, 0.1) is 5.69 Å². The van der Waals surface area contributed by atoms with E-state index in [-0.39, 0.29) is 5.91 Å². The summed E-state index contributed by atoms with van der Waals surface area (Å²) in [6.07, 6.45) is 0.326. The van der Waals surface area contributed by atoms with E-state index in [4.69, 9.17) is 16.3 Å². The molecular formula is C21H19ClN2O2. The minimum absolute atomic E-state index is 0.0939. The van der Waals surface area contributed by atoms with Crippen LogP contribution in [0.3, 0.4) is 0 Å². The number of carbonyl (C=O) groups is 1. The number of rotatable bonds is 7. The summed E-state index contributed by atoms with van der Waals surface area (Å²) >= 11 is 5.94. The zero-order chi connectivity index (χ0) is 18.2. The van der Waals surface area contributed by atoms with Gasteiger partial charge < -0.3 is 15.4 Å². The van der Waals surface area contributed by atoms with Crippen molar-refractivity contribution in [3.05, 3.63) is 83.9 Å². The lowest BCUT2D eigenvalue weighted by atomic mass is 10.2. The Kier molecular flexibility index (Phi) is 6.12. The Balaban J connectivity index is 1.56. The molecule has 0 heterocycles. The Morgan fingerprint density at radius 1 is 0.923 bits per heavy atom. The minimum atomic E-state index is -0.0939. The SMILES string of the molecule is O=C(CCNc1cccc(Cl)c1)Nc1ccccc1Oc1ccccc1. The monoisotopic (exact) mass is 366 g/mol. The van der Waals surface area contributed by atoms with Crippen LogP contribution < -0.4 is 15.4 Å². The number of ether oxygens (including phenoxy) is 1. The number of hydrogen-bond acceptors (Lipinski definition) is 3. The molecule has 3 aromatic rings. The molecule has 0 saturated carbocycles. The van der Waals surface area contributed by atoms with Crippen LogP contribution in [0, 0.1) is 0 Å². The first-order valence-corrected chi connectivity index (χ1v) is 8.70. The number of amides is 1. The molecular weight excluding hydrogens is 348 g/mol. The molecule has 26 heavy (non-hydrogen) atoms. The summed E-state index contributed by atoms with van der Waals surface area (Å²) in [5.41, 5.74) is 1.53. The maximum absolute atomic E-state index is 12.2. The minimum Gasteiger partial charge on any atom is -0.455 e. The smallest absolute Gasteiger partial charge is 0.226 e. The Morgan fingerprint density at radius 2 is 1.69 bits per heavy atom. The fourth-order valence-electron chi connectivity index (χ4n) is 2.41. The van der Waals surface area contributed by atoms with Crippen LogP contribution in [-0.2, 0) is 4.79 Å². The fourth-order valence-corrected chi connectivity index (χ4v) is 2.60. The van der Waals surface area contributed by atoms with Crippen LogP contribution >= 0.6 is 11.6 Å². The summed E-state index contributed by atoms with van der Waals surface area (Å²) in [6.45, 7) is 0.508. The molecule has 0 atom stereocenters. The van der Waals surface area contributed by atoms with Gasteiger partial charge in [-0.25, -0.2) is 0 Å². The molecule has 1 amide bonds. The lowest BCUT2D eigenvalue weighted by Gasteiger charge is -2.12. The second-order valence-electron chi connectivity index (χ2n) is 5.65. The van der Waals surface area contributed by atoms with Gasteiger partial charge in [0.15, 0.2) is 5.75 Å². The highest BCUT2D eigenvalue weighted by atomic mass is 35.5. The number of nitrogens with one attached hydrogen (secondary N) is 2. The highest BCUT2D eigenvalue weighted by Gasteiger charge is 2.08. The molecule has 0 aliphatic rings. The maximum atomic E-state index is 12.2. The summed E-state index contributed by atoms with van der Waals surface area (Å²) in [7, 11) is 0. The highest BCUT2D eigenvalue weighted by Crippen LogP contribution is 2.29. The molecule has 0 aromatic heterocycles. The van der Waals surface area contributed by atoms with Gasteiger partial charge in [-0.1, -0.05) is 48.0 Å². The Hall–Kier alpha value is -2.98. The van der Waals surface area contributed by atoms with E-state index >= 15 is 0 Å². The fraction of sp³-hybridized carbons (Fsp3) is 0.0952. The van der Waals surface area contributed by atoms with Gasteiger partial charge in [0.25, 0.3) is 0 Å². The van der Waals surface area contributed by atoms with Crippen LogP contribution in [0.1, 0.15) is 6.42 Å². The van der Waals surface area contributed by atoms with Gasteiger partial charge >= 0.3 is 0 Å². The van der Waals surface area contributed by atoms with E-state index < -0.39 is 0 Å². The number of hydrogen-bond donors (Lipinski definition) is 2. The van der Waals surface area contributed by atoms with Gasteiger partial charge in [-0.3, -0.25) is 4.79 Å². The van der Waals surface area contributed by atoms with E-state index in [9.17, 15) is 4.79 Å². The Labute approximate surface area is 157 Å². The molecule has 0 saturated heterocycles. The number of para-hydroxylation sites is 3. The molecule has 0 fully saturated rings. The van der Waals surface area contributed by atoms with Gasteiger partial charge in [-0.2, -0.15) is 0 Å². The molecule has 3 rings (SSSR count). The van der Waals surface area contributed by atoms with E-state index in [1.165, 1.54) is 0 Å². The van der Waals surface area contributed by atoms with Crippen molar-refractivity contribution in [3.63, 3.8) is 0 Å². The van der Waals surface area contributed by atoms with E-state index in [1.54, 1.807) is 0 Å². The van der Waals surface area contributed by atoms with Crippen molar-refractivity contribution in [1.82, 2.24) is 0 Å². The van der Waals surface area contributed by atoms with Crippen LogP contribution in [-0.4, -0.2) is 12.5 Å². The molecule has 0 spiro atoms. The first kappa shape index (κ1) is 17.8. The molecule has 0 aliphatic carbocycles. The lowest BCUT2D eigenvalue weighted by Crippen LogP contribution is -2.16. The number of anilines is 2. The first-order valence-electron chi connectivity index (χ1n) is 8.32. The van der Waals surface area contributed by atoms with E-state index in [2.05, 4.69) is 10.6 Å². The zero-order valence-corrected chi connectivity index (χ0v) is 14.9. The topological polar surface area (TPSA) is 50.4 Å². The normalized spacial score (nSPS) is 10.2. The molecule has 5 heteroatoms. The molecule has 4 nitrogen and oxygen atoms in total. The van der Waals surface area contributed by atoms with Crippen molar-refractivity contribution in [2.24, 2.45) is 0 Å². The molecule has 0 radical (unpaired) electrons. The highest BCUT2D eigenvalue weighted by molar-refractivity contribution is 6.30. The molecule has 2 N–H and O–H groups in total. The summed E-state index contributed by atoms with van der Waals surface area (Å²) in [6, 6.07) is 24.2. The molecule has 0 unspecified atom stereocenters. The van der Waals surface area contributed by atoms with E-state index in [0.29, 0.717) is 29.4 Å². The Morgan fingerprint density at radius 3 is 2.50 bits per heavy atom. The van der Waals surface area contributed by atoms with Crippen LogP contribution in [0.5, 0.6) is 11.5 Å². The van der Waals surface area contributed by atoms with Crippen LogP contribution in [0.4, 0.5) is 11.4 Å². The van der Waals surface area contributed by atoms with Gasteiger partial charge in [-0.05, 0) is 42.5 Å². The Bertz CT molecular complexity index is 869. The van der Waals surface area contributed by atoms with Crippen molar-refractivity contribution in [3.8, 4) is 11.5 Å². The molecule has 0 aliphatic heterocycles. The summed E-state index contributed by atoms with van der Waals surface area (Å²) in [4.78, 5) is 12.2. The van der Waals surface area contributed by atoms with Crippen LogP contribution in [0.15, 0.2) is 78.9 Å². The quantitative estimate of drug-likeness (QED) is 0.574. The maximum Gasteiger partial charge on any atom is 0.226 e. The van der Waals surface area contributed by atoms with Crippen molar-refractivity contribution >= 4 is 28.9 Å².